The zero-order valence-corrected chi connectivity index (χ0v) is 37.7. The first-order valence-electron chi connectivity index (χ1n) is 21.5. The summed E-state index contributed by atoms with van der Waals surface area (Å²) < 4.78 is 5.59. The summed E-state index contributed by atoms with van der Waals surface area (Å²) in [5, 5.41) is 3.47. The van der Waals surface area contributed by atoms with Gasteiger partial charge < -0.3 is 24.8 Å². The number of piperidine rings is 2. The van der Waals surface area contributed by atoms with E-state index < -0.39 is 5.60 Å². The van der Waals surface area contributed by atoms with Crippen molar-refractivity contribution in [2.24, 2.45) is 0 Å². The SMILES string of the molecule is CCN1C(=O)N2Cc3cc(C)cc(C)c3[C@@H](C)C=C2C12CCN(C(=O)OC(C)(C)C)CC2.CCN1C(=O)N2Cc3cc(C)cc(C)c3[C@@H](C)C=C2C12CCNCC2.Cl. The van der Waals surface area contributed by atoms with Crippen molar-refractivity contribution in [1.29, 1.82) is 0 Å². The Morgan fingerprint density at radius 3 is 1.53 bits per heavy atom. The lowest BCUT2D eigenvalue weighted by Gasteiger charge is -2.44. The number of likely N-dealkylation sites (N-methyl/N-ethyl adjacent to an activating group) is 2. The number of fused-ring (bicyclic) bond motifs is 6. The van der Waals surface area contributed by atoms with Crippen LogP contribution in [0.25, 0.3) is 0 Å². The van der Waals surface area contributed by atoms with E-state index in [1.54, 1.807) is 4.90 Å². The first kappa shape index (κ1) is 43.6. The van der Waals surface area contributed by atoms with Gasteiger partial charge in [0.1, 0.15) is 5.60 Å². The molecule has 4 fully saturated rings. The van der Waals surface area contributed by atoms with Crippen molar-refractivity contribution in [2.45, 2.75) is 143 Å². The summed E-state index contributed by atoms with van der Waals surface area (Å²) in [4.78, 5) is 49.5. The van der Waals surface area contributed by atoms with Gasteiger partial charge in [0, 0.05) is 49.4 Å². The number of amides is 5. The van der Waals surface area contributed by atoms with Crippen molar-refractivity contribution in [2.75, 3.05) is 39.3 Å². The van der Waals surface area contributed by atoms with Gasteiger partial charge in [0.25, 0.3) is 0 Å². The topological polar surface area (TPSA) is 88.7 Å². The van der Waals surface area contributed by atoms with Crippen LogP contribution in [-0.4, -0.2) is 98.6 Å². The third-order valence-electron chi connectivity index (χ3n) is 13.4. The third kappa shape index (κ3) is 7.41. The first-order chi connectivity index (χ1) is 26.9. The minimum absolute atomic E-state index is 0. The molecule has 6 aliphatic heterocycles. The van der Waals surface area contributed by atoms with Crippen LogP contribution >= 0.6 is 12.4 Å². The average molecular weight is 816 g/mol. The number of hydrogen-bond acceptors (Lipinski definition) is 5. The zero-order chi connectivity index (χ0) is 41.2. The molecule has 6 heterocycles. The Balaban J connectivity index is 0.000000198. The monoisotopic (exact) mass is 814 g/mol. The summed E-state index contributed by atoms with van der Waals surface area (Å²) in [6.45, 7) is 28.9. The maximum Gasteiger partial charge on any atom is 0.410 e. The van der Waals surface area contributed by atoms with Gasteiger partial charge in [-0.15, -0.1) is 12.4 Å². The zero-order valence-electron chi connectivity index (χ0n) is 36.9. The molecule has 6 aliphatic rings. The van der Waals surface area contributed by atoms with Crippen molar-refractivity contribution < 1.29 is 19.1 Å². The number of carbonyl (C=O) groups excluding carboxylic acids is 3. The van der Waals surface area contributed by atoms with Crippen LogP contribution in [-0.2, 0) is 17.8 Å². The van der Waals surface area contributed by atoms with Crippen LogP contribution in [0, 0.1) is 27.7 Å². The van der Waals surface area contributed by atoms with E-state index >= 15 is 0 Å². The van der Waals surface area contributed by atoms with Crippen LogP contribution in [0.2, 0.25) is 0 Å². The summed E-state index contributed by atoms with van der Waals surface area (Å²) in [5.74, 6) is 0.572. The molecule has 10 nitrogen and oxygen atoms in total. The van der Waals surface area contributed by atoms with E-state index in [1.165, 1.54) is 50.2 Å². The van der Waals surface area contributed by atoms with Crippen molar-refractivity contribution in [1.82, 2.24) is 29.8 Å². The van der Waals surface area contributed by atoms with Gasteiger partial charge in [0.15, 0.2) is 0 Å². The molecule has 0 radical (unpaired) electrons. The Hall–Kier alpha value is -4.02. The number of likely N-dealkylation sites (tertiary alicyclic amines) is 1. The van der Waals surface area contributed by atoms with E-state index in [0.717, 1.165) is 51.0 Å². The Labute approximate surface area is 353 Å². The highest BCUT2D eigenvalue weighted by molar-refractivity contribution is 5.85. The highest BCUT2D eigenvalue weighted by Gasteiger charge is 2.56. The minimum atomic E-state index is -0.511. The Morgan fingerprint density at radius 2 is 1.14 bits per heavy atom. The van der Waals surface area contributed by atoms with Crippen molar-refractivity contribution in [3.63, 3.8) is 0 Å². The molecule has 2 aromatic rings. The second-order valence-electron chi connectivity index (χ2n) is 18.5. The molecule has 0 unspecified atom stereocenters. The number of halogens is 1. The van der Waals surface area contributed by atoms with Crippen LogP contribution in [0.3, 0.4) is 0 Å². The van der Waals surface area contributed by atoms with E-state index in [4.69, 9.17) is 4.74 Å². The second kappa shape index (κ2) is 16.2. The molecule has 316 valence electrons. The quantitative estimate of drug-likeness (QED) is 0.327. The fourth-order valence-corrected chi connectivity index (χ4v) is 11.3. The lowest BCUT2D eigenvalue weighted by atomic mass is 9.82. The van der Waals surface area contributed by atoms with E-state index in [-0.39, 0.29) is 47.6 Å². The predicted octanol–water partition coefficient (Wildman–Crippen LogP) is 9.44. The predicted molar refractivity (Wildman–Crippen MR) is 233 cm³/mol. The van der Waals surface area contributed by atoms with Crippen LogP contribution in [0.15, 0.2) is 47.8 Å². The summed E-state index contributed by atoms with van der Waals surface area (Å²) in [5.41, 5.74) is 11.8. The van der Waals surface area contributed by atoms with E-state index in [1.807, 2.05) is 30.6 Å². The lowest BCUT2D eigenvalue weighted by Crippen LogP contribution is -2.55. The highest BCUT2D eigenvalue weighted by atomic mass is 35.5. The van der Waals surface area contributed by atoms with Gasteiger partial charge in [0.2, 0.25) is 0 Å². The van der Waals surface area contributed by atoms with Crippen LogP contribution in [0.1, 0.15) is 130 Å². The number of urea groups is 2. The molecule has 5 amide bonds. The molecular formula is C47H67ClN6O4. The molecule has 2 atom stereocenters. The maximum atomic E-state index is 13.6. The smallest absolute Gasteiger partial charge is 0.410 e. The molecule has 0 aliphatic carbocycles. The third-order valence-corrected chi connectivity index (χ3v) is 13.4. The molecule has 0 saturated carbocycles. The van der Waals surface area contributed by atoms with Gasteiger partial charge in [-0.05, 0) is 134 Å². The average Bonchev–Trinajstić information content (AvgIpc) is 3.29. The standard InChI is InChI=1S/C26H37N3O3.C21H29N3O.ClH/c1-8-29-23(30)28-16-20-14-17(2)13-18(3)22(20)19(4)15-21(28)26(29)9-11-27(12-10-26)24(31)32-25(5,6)7;1-5-24-20(25)23-13-17-11-14(2)10-15(3)19(17)16(4)12-18(23)21(24)6-8-22-9-7-21;/h13-15,19H,8-12,16H2,1-7H3;10-12,16,22H,5-9,13H2,1-4H3;1H/t19-;16-;/m00./s1. The lowest BCUT2D eigenvalue weighted by molar-refractivity contribution is 0.0113. The largest absolute Gasteiger partial charge is 0.444 e. The number of aryl methyl sites for hydroxylation is 4. The number of allylic oxidation sites excluding steroid dienone is 2. The van der Waals surface area contributed by atoms with Gasteiger partial charge in [-0.2, -0.15) is 0 Å². The van der Waals surface area contributed by atoms with Gasteiger partial charge >= 0.3 is 18.2 Å². The summed E-state index contributed by atoms with van der Waals surface area (Å²) in [6.07, 6.45) is 7.91. The molecule has 0 aromatic heterocycles. The molecular weight excluding hydrogens is 748 g/mol. The number of nitrogens with zero attached hydrogens (tertiary/aromatic N) is 5. The molecule has 58 heavy (non-hydrogen) atoms. The molecule has 8 rings (SSSR count). The fourth-order valence-electron chi connectivity index (χ4n) is 11.3. The summed E-state index contributed by atoms with van der Waals surface area (Å²) >= 11 is 0. The Morgan fingerprint density at radius 1 is 0.724 bits per heavy atom. The molecule has 0 bridgehead atoms. The number of ether oxygens (including phenoxy) is 1. The van der Waals surface area contributed by atoms with E-state index in [0.29, 0.717) is 38.6 Å². The summed E-state index contributed by atoms with van der Waals surface area (Å²) in [7, 11) is 0. The van der Waals surface area contributed by atoms with Gasteiger partial charge in [0.05, 0.1) is 24.2 Å². The number of nitrogens with one attached hydrogen (secondary N) is 1. The number of rotatable bonds is 2. The second-order valence-corrected chi connectivity index (χ2v) is 18.5. The summed E-state index contributed by atoms with van der Waals surface area (Å²) in [6, 6.07) is 9.28. The number of benzene rings is 2. The number of carbonyl (C=O) groups is 3. The van der Waals surface area contributed by atoms with Crippen molar-refractivity contribution >= 4 is 30.6 Å². The first-order valence-corrected chi connectivity index (χ1v) is 21.5. The Kier molecular flexibility index (Phi) is 12.2. The van der Waals surface area contributed by atoms with Crippen LogP contribution in [0.5, 0.6) is 0 Å². The Bertz CT molecular complexity index is 2000. The minimum Gasteiger partial charge on any atom is -0.444 e. The molecule has 4 saturated heterocycles. The fraction of sp³-hybridized carbons (Fsp3) is 0.596. The molecule has 2 aromatic carbocycles. The van der Waals surface area contributed by atoms with Gasteiger partial charge in [-0.1, -0.05) is 61.4 Å². The van der Waals surface area contributed by atoms with Crippen molar-refractivity contribution in [3.8, 4) is 0 Å². The van der Waals surface area contributed by atoms with Crippen LogP contribution in [0.4, 0.5) is 14.4 Å². The van der Waals surface area contributed by atoms with Crippen molar-refractivity contribution in [3.05, 3.63) is 92.3 Å². The molecule has 2 spiro atoms. The number of hydrogen-bond donors (Lipinski definition) is 1. The highest BCUT2D eigenvalue weighted by Crippen LogP contribution is 2.49. The maximum absolute atomic E-state index is 13.6. The molecule has 11 heteroatoms. The van der Waals surface area contributed by atoms with Gasteiger partial charge in [-0.25, -0.2) is 14.4 Å². The van der Waals surface area contributed by atoms with Gasteiger partial charge in [-0.3, -0.25) is 9.80 Å². The van der Waals surface area contributed by atoms with Crippen LogP contribution < -0.4 is 5.32 Å². The van der Waals surface area contributed by atoms with E-state index in [9.17, 15) is 14.4 Å². The normalized spacial score (nSPS) is 23.1. The molecule has 1 N–H and O–H groups in total. The van der Waals surface area contributed by atoms with E-state index in [2.05, 4.69) is 107 Å².